The van der Waals surface area contributed by atoms with E-state index in [-0.39, 0.29) is 48.6 Å². The molecule has 6 atom stereocenters. The number of halogens is 3. The molecule has 2 aliphatic rings. The number of carbonyl (C=O) groups is 1. The fraction of sp³-hybridized carbons (Fsp3) is 0.667. The molecule has 2 unspecified atom stereocenters. The third-order valence-electron chi connectivity index (χ3n) is 6.24. The lowest BCUT2D eigenvalue weighted by molar-refractivity contribution is -0.147. The maximum atomic E-state index is 13.0. The van der Waals surface area contributed by atoms with E-state index in [1.54, 1.807) is 26.8 Å². The normalized spacial score (nSPS) is 28.0. The van der Waals surface area contributed by atoms with Gasteiger partial charge in [-0.3, -0.25) is 4.79 Å². The van der Waals surface area contributed by atoms with Crippen molar-refractivity contribution in [2.75, 3.05) is 6.61 Å². The van der Waals surface area contributed by atoms with Crippen LogP contribution in [-0.2, 0) is 14.3 Å². The lowest BCUT2D eigenvalue weighted by atomic mass is 9.89. The lowest BCUT2D eigenvalue weighted by Crippen LogP contribution is -2.21. The first-order valence-electron chi connectivity index (χ1n) is 12.6. The number of rotatable bonds is 12. The number of unbranched alkanes of at least 4 members (excludes halogenated alkanes) is 1. The van der Waals surface area contributed by atoms with Gasteiger partial charge in [0.25, 0.3) is 0 Å². The van der Waals surface area contributed by atoms with Crippen LogP contribution < -0.4 is 0 Å². The van der Waals surface area contributed by atoms with E-state index in [4.69, 9.17) is 9.47 Å². The maximum absolute atomic E-state index is 13.0. The highest BCUT2D eigenvalue weighted by atomic mass is 19.4. The summed E-state index contributed by atoms with van der Waals surface area (Å²) in [5.74, 6) is -1.01. The molecule has 1 saturated carbocycles. The maximum Gasteiger partial charge on any atom is 0.416 e. The van der Waals surface area contributed by atoms with Crippen molar-refractivity contribution in [2.24, 2.45) is 17.8 Å². The summed E-state index contributed by atoms with van der Waals surface area (Å²) in [5.41, 5.74) is -0.754. The molecular weight excluding hydrogens is 477 g/mol. The third-order valence-corrected chi connectivity index (χ3v) is 6.24. The van der Waals surface area contributed by atoms with Crippen molar-refractivity contribution >= 4 is 5.97 Å². The van der Waals surface area contributed by atoms with Crippen molar-refractivity contribution in [3.05, 3.63) is 47.8 Å². The molecule has 6 nitrogen and oxygen atoms in total. The zero-order valence-corrected chi connectivity index (χ0v) is 21.2. The van der Waals surface area contributed by atoms with Gasteiger partial charge in [0, 0.05) is 25.2 Å². The zero-order valence-electron chi connectivity index (χ0n) is 21.2. The van der Waals surface area contributed by atoms with Gasteiger partial charge in [-0.2, -0.15) is 13.2 Å². The van der Waals surface area contributed by atoms with Crippen molar-refractivity contribution in [2.45, 2.75) is 89.9 Å². The summed E-state index contributed by atoms with van der Waals surface area (Å²) in [7, 11) is 0. The molecule has 1 fully saturated rings. The molecule has 36 heavy (non-hydrogen) atoms. The molecule has 3 N–H and O–H groups in total. The Morgan fingerprint density at radius 1 is 1.22 bits per heavy atom. The van der Waals surface area contributed by atoms with Crippen molar-refractivity contribution in [3.8, 4) is 0 Å². The number of carbonyl (C=O) groups excluding carboxylic acids is 1. The van der Waals surface area contributed by atoms with Gasteiger partial charge in [-0.25, -0.2) is 0 Å². The number of hydrogen-bond acceptors (Lipinski definition) is 6. The highest BCUT2D eigenvalue weighted by Gasteiger charge is 2.39. The van der Waals surface area contributed by atoms with E-state index in [1.165, 1.54) is 6.08 Å². The second-order valence-electron chi connectivity index (χ2n) is 9.92. The van der Waals surface area contributed by atoms with E-state index in [0.717, 1.165) is 12.2 Å². The van der Waals surface area contributed by atoms with E-state index in [0.29, 0.717) is 32.1 Å². The van der Waals surface area contributed by atoms with Gasteiger partial charge in [0.05, 0.1) is 29.6 Å². The van der Waals surface area contributed by atoms with Crippen LogP contribution in [0.5, 0.6) is 0 Å². The molecule has 0 aromatic carbocycles. The van der Waals surface area contributed by atoms with Gasteiger partial charge in [-0.05, 0) is 51.0 Å². The predicted octanol–water partition coefficient (Wildman–Crippen LogP) is 4.76. The van der Waals surface area contributed by atoms with Gasteiger partial charge >= 0.3 is 12.1 Å². The van der Waals surface area contributed by atoms with E-state index in [2.05, 4.69) is 0 Å². The van der Waals surface area contributed by atoms with E-state index in [9.17, 15) is 33.3 Å². The molecule has 0 aromatic heterocycles. The van der Waals surface area contributed by atoms with Gasteiger partial charge in [-0.15, -0.1) is 0 Å². The van der Waals surface area contributed by atoms with Crippen molar-refractivity contribution in [1.29, 1.82) is 0 Å². The summed E-state index contributed by atoms with van der Waals surface area (Å²) in [6.45, 7) is 5.06. The summed E-state index contributed by atoms with van der Waals surface area (Å²) in [4.78, 5) is 11.6. The number of hydrogen-bond donors (Lipinski definition) is 3. The Balaban J connectivity index is 1.83. The van der Waals surface area contributed by atoms with Crippen LogP contribution in [0.3, 0.4) is 0 Å². The number of alkyl halides is 3. The minimum Gasteiger partial charge on any atom is -0.495 e. The number of esters is 1. The van der Waals surface area contributed by atoms with E-state index in [1.807, 2.05) is 12.2 Å². The molecule has 2 aliphatic carbocycles. The van der Waals surface area contributed by atoms with Crippen molar-refractivity contribution in [3.63, 3.8) is 0 Å². The Morgan fingerprint density at radius 2 is 1.94 bits per heavy atom. The molecule has 0 aliphatic heterocycles. The second kappa shape index (κ2) is 14.0. The fourth-order valence-electron chi connectivity index (χ4n) is 4.51. The molecule has 0 aromatic rings. The van der Waals surface area contributed by atoms with Crippen LogP contribution >= 0.6 is 0 Å². The van der Waals surface area contributed by atoms with Gasteiger partial charge < -0.3 is 24.8 Å². The number of allylic oxidation sites excluding steroid dienone is 6. The predicted molar refractivity (Wildman–Crippen MR) is 130 cm³/mol. The molecule has 0 heterocycles. The van der Waals surface area contributed by atoms with Crippen LogP contribution in [0.2, 0.25) is 0 Å². The van der Waals surface area contributed by atoms with Gasteiger partial charge in [0.15, 0.2) is 0 Å². The fourth-order valence-corrected chi connectivity index (χ4v) is 4.51. The van der Waals surface area contributed by atoms with Crippen molar-refractivity contribution in [1.82, 2.24) is 0 Å². The summed E-state index contributed by atoms with van der Waals surface area (Å²) in [6.07, 6.45) is 4.69. The van der Waals surface area contributed by atoms with Crippen LogP contribution in [0.1, 0.15) is 59.3 Å². The molecule has 2 rings (SSSR count). The van der Waals surface area contributed by atoms with Gasteiger partial charge in [0.2, 0.25) is 0 Å². The van der Waals surface area contributed by atoms with E-state index < -0.39 is 30.1 Å². The average Bonchev–Trinajstić information content (AvgIpc) is 3.03. The minimum atomic E-state index is -4.45. The quantitative estimate of drug-likeness (QED) is 0.197. The minimum absolute atomic E-state index is 0.133. The Hall–Kier alpha value is -2.10. The highest BCUT2D eigenvalue weighted by Crippen LogP contribution is 2.37. The molecule has 0 saturated heterocycles. The van der Waals surface area contributed by atoms with Crippen LogP contribution in [0, 0.1) is 17.8 Å². The van der Waals surface area contributed by atoms with Crippen molar-refractivity contribution < 1.29 is 42.8 Å². The Kier molecular flexibility index (Phi) is 11.7. The molecule has 204 valence electrons. The zero-order chi connectivity index (χ0) is 26.9. The van der Waals surface area contributed by atoms with Crippen LogP contribution in [0.15, 0.2) is 47.8 Å². The second-order valence-corrected chi connectivity index (χ2v) is 9.92. The number of aliphatic hydroxyl groups is 3. The standard InChI is InChI=1S/C27H39F3O6/c1-17(2)36-26(34)9-7-5-4-6-8-22-23(25(33)15-24(22)32)11-10-20(31)16-35-21-13-18(3)12-19(14-21)27(28,29)30/h4,6,10-12,14,17-18,20,22-25,31-33H,5,7-9,13,15-16H2,1-3H3/b6-4-,11-10+/t18?,20-,22?,23-,24+,25-/m1/s1. The average molecular weight is 517 g/mol. The van der Waals surface area contributed by atoms with Crippen LogP contribution in [0.25, 0.3) is 0 Å². The third kappa shape index (κ3) is 10.1. The largest absolute Gasteiger partial charge is 0.495 e. The molecular formula is C27H39F3O6. The first kappa shape index (κ1) is 30.1. The Morgan fingerprint density at radius 3 is 2.61 bits per heavy atom. The number of aliphatic hydroxyl groups excluding tert-OH is 3. The van der Waals surface area contributed by atoms with Crippen LogP contribution in [-0.4, -0.2) is 58.5 Å². The monoisotopic (exact) mass is 516 g/mol. The highest BCUT2D eigenvalue weighted by molar-refractivity contribution is 5.69. The lowest BCUT2D eigenvalue weighted by Gasteiger charge is -2.22. The molecule has 0 spiro atoms. The Labute approximate surface area is 211 Å². The first-order chi connectivity index (χ1) is 16.9. The SMILES string of the molecule is CC1C=C(C(F)(F)F)C=C(OC[C@H](O)/C=C/[C@@H]2C(C/C=C\CCCC(=O)OC(C)C)[C@@H](O)C[C@H]2O)C1. The summed E-state index contributed by atoms with van der Waals surface area (Å²) < 4.78 is 49.6. The molecule has 0 amide bonds. The summed E-state index contributed by atoms with van der Waals surface area (Å²) >= 11 is 0. The first-order valence-corrected chi connectivity index (χ1v) is 12.6. The molecule has 9 heteroatoms. The summed E-state index contributed by atoms with van der Waals surface area (Å²) in [5, 5.41) is 31.0. The van der Waals surface area contributed by atoms with E-state index >= 15 is 0 Å². The van der Waals surface area contributed by atoms with Gasteiger partial charge in [0.1, 0.15) is 12.7 Å². The smallest absolute Gasteiger partial charge is 0.416 e. The number of ether oxygens (including phenoxy) is 2. The molecule has 0 radical (unpaired) electrons. The topological polar surface area (TPSA) is 96.2 Å². The van der Waals surface area contributed by atoms with Crippen LogP contribution in [0.4, 0.5) is 13.2 Å². The molecule has 0 bridgehead atoms. The summed E-state index contributed by atoms with van der Waals surface area (Å²) in [6, 6.07) is 0. The Bertz CT molecular complexity index is 830. The van der Waals surface area contributed by atoms with Gasteiger partial charge in [-0.1, -0.05) is 37.3 Å².